The van der Waals surface area contributed by atoms with Gasteiger partial charge in [-0.25, -0.2) is 4.98 Å². The van der Waals surface area contributed by atoms with Crippen LogP contribution in [0.5, 0.6) is 0 Å². The summed E-state index contributed by atoms with van der Waals surface area (Å²) < 4.78 is 0. The molecular formula is C15H21N3OS. The van der Waals surface area contributed by atoms with Gasteiger partial charge < -0.3 is 10.3 Å². The number of hydrogen-bond acceptors (Lipinski definition) is 4. The minimum Gasteiger partial charge on any atom is -0.310 e. The van der Waals surface area contributed by atoms with Crippen LogP contribution in [0.3, 0.4) is 0 Å². The highest BCUT2D eigenvalue weighted by atomic mass is 32.1. The molecule has 2 aromatic heterocycles. The predicted molar refractivity (Wildman–Crippen MR) is 83.5 cm³/mol. The third-order valence-corrected chi connectivity index (χ3v) is 5.06. The Morgan fingerprint density at radius 1 is 1.35 bits per heavy atom. The molecule has 0 aromatic carbocycles. The van der Waals surface area contributed by atoms with E-state index >= 15 is 0 Å². The number of aromatic nitrogens is 2. The number of nitrogens with one attached hydrogen (secondary N) is 2. The SMILES string of the molecule is CCCCCNCc1nc2sc3c(c2c(=O)[nH]1)CCC3. The smallest absolute Gasteiger partial charge is 0.259 e. The summed E-state index contributed by atoms with van der Waals surface area (Å²) in [6.45, 7) is 3.83. The van der Waals surface area contributed by atoms with E-state index < -0.39 is 0 Å². The number of thiophene rings is 1. The molecule has 2 heterocycles. The number of aromatic amines is 1. The van der Waals surface area contributed by atoms with Crippen molar-refractivity contribution in [2.24, 2.45) is 0 Å². The number of aryl methyl sites for hydroxylation is 2. The molecule has 0 unspecified atom stereocenters. The van der Waals surface area contributed by atoms with Crippen molar-refractivity contribution >= 4 is 21.6 Å². The second kappa shape index (κ2) is 6.06. The van der Waals surface area contributed by atoms with Gasteiger partial charge in [0.25, 0.3) is 5.56 Å². The second-order valence-electron chi connectivity index (χ2n) is 5.43. The molecule has 2 N–H and O–H groups in total. The fourth-order valence-corrected chi connectivity index (χ4v) is 4.12. The summed E-state index contributed by atoms with van der Waals surface area (Å²) >= 11 is 1.70. The average Bonchev–Trinajstić information content (AvgIpc) is 2.98. The quantitative estimate of drug-likeness (QED) is 0.805. The van der Waals surface area contributed by atoms with Gasteiger partial charge in [0.2, 0.25) is 0 Å². The van der Waals surface area contributed by atoms with Crippen LogP contribution in [0.2, 0.25) is 0 Å². The van der Waals surface area contributed by atoms with Crippen LogP contribution in [0.25, 0.3) is 10.2 Å². The van der Waals surface area contributed by atoms with Gasteiger partial charge >= 0.3 is 0 Å². The lowest BCUT2D eigenvalue weighted by molar-refractivity contribution is 0.603. The molecule has 20 heavy (non-hydrogen) atoms. The zero-order chi connectivity index (χ0) is 13.9. The first-order valence-electron chi connectivity index (χ1n) is 7.53. The fourth-order valence-electron chi connectivity index (χ4n) is 2.84. The molecular weight excluding hydrogens is 270 g/mol. The van der Waals surface area contributed by atoms with Gasteiger partial charge in [0.1, 0.15) is 10.7 Å². The molecule has 0 aliphatic heterocycles. The van der Waals surface area contributed by atoms with Crippen LogP contribution < -0.4 is 10.9 Å². The number of rotatable bonds is 6. The molecule has 0 saturated heterocycles. The Labute approximate surface area is 122 Å². The Kier molecular flexibility index (Phi) is 4.17. The minimum absolute atomic E-state index is 0.0414. The van der Waals surface area contributed by atoms with E-state index in [-0.39, 0.29) is 5.56 Å². The van der Waals surface area contributed by atoms with E-state index in [1.165, 1.54) is 36.1 Å². The number of H-pyrrole nitrogens is 1. The lowest BCUT2D eigenvalue weighted by Gasteiger charge is -2.04. The van der Waals surface area contributed by atoms with Crippen molar-refractivity contribution in [1.29, 1.82) is 0 Å². The largest absolute Gasteiger partial charge is 0.310 e. The van der Waals surface area contributed by atoms with Gasteiger partial charge in [0.05, 0.1) is 11.9 Å². The molecule has 0 atom stereocenters. The summed E-state index contributed by atoms with van der Waals surface area (Å²) in [7, 11) is 0. The molecule has 1 aliphatic carbocycles. The standard InChI is InChI=1S/C15H21N3OS/c1-2-3-4-8-16-9-12-17-14(19)13-10-6-5-7-11(10)20-15(13)18-12/h16H,2-9H2,1H3,(H,17,18,19). The monoisotopic (exact) mass is 291 g/mol. The third kappa shape index (κ3) is 2.65. The first-order valence-corrected chi connectivity index (χ1v) is 8.35. The lowest BCUT2D eigenvalue weighted by Crippen LogP contribution is -2.20. The van der Waals surface area contributed by atoms with Crippen LogP contribution in [0.1, 0.15) is 48.9 Å². The Morgan fingerprint density at radius 2 is 2.25 bits per heavy atom. The molecule has 1 aliphatic rings. The van der Waals surface area contributed by atoms with Crippen molar-refractivity contribution < 1.29 is 0 Å². The van der Waals surface area contributed by atoms with Gasteiger partial charge in [-0.2, -0.15) is 0 Å². The predicted octanol–water partition coefficient (Wildman–Crippen LogP) is 2.75. The van der Waals surface area contributed by atoms with Gasteiger partial charge in [0, 0.05) is 4.88 Å². The molecule has 0 bridgehead atoms. The lowest BCUT2D eigenvalue weighted by atomic mass is 10.2. The van der Waals surface area contributed by atoms with Gasteiger partial charge in [-0.1, -0.05) is 19.8 Å². The van der Waals surface area contributed by atoms with E-state index in [1.807, 2.05) is 0 Å². The van der Waals surface area contributed by atoms with E-state index in [4.69, 9.17) is 0 Å². The number of fused-ring (bicyclic) bond motifs is 3. The molecule has 3 rings (SSSR count). The highest BCUT2D eigenvalue weighted by molar-refractivity contribution is 7.18. The van der Waals surface area contributed by atoms with Crippen molar-refractivity contribution in [3.05, 3.63) is 26.6 Å². The molecule has 0 amide bonds. The summed E-state index contributed by atoms with van der Waals surface area (Å²) in [5.74, 6) is 0.763. The first kappa shape index (κ1) is 13.8. The Bertz CT molecular complexity index is 659. The number of nitrogens with zero attached hydrogens (tertiary/aromatic N) is 1. The van der Waals surface area contributed by atoms with E-state index in [9.17, 15) is 4.79 Å². The van der Waals surface area contributed by atoms with E-state index in [2.05, 4.69) is 22.2 Å². The Hall–Kier alpha value is -1.20. The third-order valence-electron chi connectivity index (χ3n) is 3.87. The molecule has 0 radical (unpaired) electrons. The van der Waals surface area contributed by atoms with Crippen molar-refractivity contribution in [3.8, 4) is 0 Å². The van der Waals surface area contributed by atoms with Crippen LogP contribution in [-0.4, -0.2) is 16.5 Å². The Morgan fingerprint density at radius 3 is 3.10 bits per heavy atom. The maximum absolute atomic E-state index is 12.2. The van der Waals surface area contributed by atoms with Crippen molar-refractivity contribution in [1.82, 2.24) is 15.3 Å². The first-order chi connectivity index (χ1) is 9.79. The minimum atomic E-state index is 0.0414. The zero-order valence-corrected chi connectivity index (χ0v) is 12.7. The molecule has 2 aromatic rings. The summed E-state index contributed by atoms with van der Waals surface area (Å²) in [5, 5.41) is 4.19. The summed E-state index contributed by atoms with van der Waals surface area (Å²) in [5.41, 5.74) is 1.29. The van der Waals surface area contributed by atoms with Crippen LogP contribution in [0.4, 0.5) is 0 Å². The van der Waals surface area contributed by atoms with E-state index in [0.717, 1.165) is 35.4 Å². The van der Waals surface area contributed by atoms with Gasteiger partial charge in [-0.05, 0) is 37.8 Å². The van der Waals surface area contributed by atoms with Gasteiger partial charge in [0.15, 0.2) is 0 Å². The van der Waals surface area contributed by atoms with Crippen LogP contribution in [0.15, 0.2) is 4.79 Å². The summed E-state index contributed by atoms with van der Waals surface area (Å²) in [6.07, 6.45) is 6.97. The van der Waals surface area contributed by atoms with Gasteiger partial charge in [-0.3, -0.25) is 4.79 Å². The molecule has 0 spiro atoms. The number of hydrogen-bond donors (Lipinski definition) is 2. The topological polar surface area (TPSA) is 57.8 Å². The highest BCUT2D eigenvalue weighted by Gasteiger charge is 2.20. The number of unbranched alkanes of at least 4 members (excludes halogenated alkanes) is 2. The van der Waals surface area contributed by atoms with E-state index in [1.54, 1.807) is 11.3 Å². The highest BCUT2D eigenvalue weighted by Crippen LogP contribution is 2.34. The van der Waals surface area contributed by atoms with Crippen LogP contribution in [-0.2, 0) is 19.4 Å². The van der Waals surface area contributed by atoms with Crippen molar-refractivity contribution in [3.63, 3.8) is 0 Å². The van der Waals surface area contributed by atoms with Gasteiger partial charge in [-0.15, -0.1) is 11.3 Å². The molecule has 0 fully saturated rings. The van der Waals surface area contributed by atoms with Crippen LogP contribution in [0, 0.1) is 0 Å². The molecule has 0 saturated carbocycles. The maximum Gasteiger partial charge on any atom is 0.259 e. The maximum atomic E-state index is 12.2. The molecule has 4 nitrogen and oxygen atoms in total. The van der Waals surface area contributed by atoms with Crippen LogP contribution >= 0.6 is 11.3 Å². The van der Waals surface area contributed by atoms with E-state index in [0.29, 0.717) is 6.54 Å². The zero-order valence-electron chi connectivity index (χ0n) is 11.9. The average molecular weight is 291 g/mol. The summed E-state index contributed by atoms with van der Waals surface area (Å²) in [6, 6.07) is 0. The molecule has 108 valence electrons. The second-order valence-corrected chi connectivity index (χ2v) is 6.52. The fraction of sp³-hybridized carbons (Fsp3) is 0.600. The normalized spacial score (nSPS) is 14.1. The molecule has 5 heteroatoms. The van der Waals surface area contributed by atoms with Crippen molar-refractivity contribution in [2.75, 3.05) is 6.54 Å². The van der Waals surface area contributed by atoms with Crippen molar-refractivity contribution in [2.45, 2.75) is 52.0 Å². The summed E-state index contributed by atoms with van der Waals surface area (Å²) in [4.78, 5) is 22.1. The Balaban J connectivity index is 1.75.